The molecule has 0 bridgehead atoms. The summed E-state index contributed by atoms with van der Waals surface area (Å²) < 4.78 is 61.6. The van der Waals surface area contributed by atoms with E-state index in [1.54, 1.807) is 0 Å². The molecule has 1 aliphatic heterocycles. The third-order valence-corrected chi connectivity index (χ3v) is 4.41. The highest BCUT2D eigenvalue weighted by atomic mass is 19.4. The Hall–Kier alpha value is -3.14. The minimum absolute atomic E-state index is 0.153. The number of aromatic nitrogens is 2. The number of anilines is 1. The molecule has 1 atom stereocenters. The second-order valence-electron chi connectivity index (χ2n) is 6.45. The molecule has 3 heterocycles. The summed E-state index contributed by atoms with van der Waals surface area (Å²) in [5, 5.41) is 2.68. The molecule has 1 aromatic carbocycles. The monoisotopic (exact) mass is 409 g/mol. The maximum atomic E-state index is 13.8. The summed E-state index contributed by atoms with van der Waals surface area (Å²) in [5.41, 5.74) is 1.10. The number of carbonyl (C=O) groups excluding carboxylic acids is 1. The molecule has 0 saturated carbocycles. The second kappa shape index (κ2) is 7.36. The maximum absolute atomic E-state index is 13.8. The fourth-order valence-corrected chi connectivity index (χ4v) is 3.18. The number of rotatable bonds is 4. The molecule has 29 heavy (non-hydrogen) atoms. The number of pyridine rings is 1. The molecule has 6 nitrogen and oxygen atoms in total. The van der Waals surface area contributed by atoms with Crippen molar-refractivity contribution in [1.29, 1.82) is 0 Å². The van der Waals surface area contributed by atoms with E-state index in [-0.39, 0.29) is 11.7 Å². The lowest BCUT2D eigenvalue weighted by molar-refractivity contribution is -0.274. The minimum atomic E-state index is -4.81. The first-order valence-electron chi connectivity index (χ1n) is 8.76. The first-order chi connectivity index (χ1) is 13.8. The molecule has 0 unspecified atom stereocenters. The molecule has 1 aliphatic rings. The Kier molecular flexibility index (Phi) is 4.87. The first kappa shape index (κ1) is 19.2. The zero-order valence-electron chi connectivity index (χ0n) is 14.9. The highest BCUT2D eigenvalue weighted by Crippen LogP contribution is 2.32. The van der Waals surface area contributed by atoms with Gasteiger partial charge in [0.05, 0.1) is 5.69 Å². The van der Waals surface area contributed by atoms with Gasteiger partial charge in [0.25, 0.3) is 5.91 Å². The summed E-state index contributed by atoms with van der Waals surface area (Å²) in [4.78, 5) is 16.8. The van der Waals surface area contributed by atoms with Gasteiger partial charge >= 0.3 is 6.36 Å². The molecule has 4 rings (SSSR count). The third-order valence-electron chi connectivity index (χ3n) is 4.41. The van der Waals surface area contributed by atoms with Gasteiger partial charge in [0, 0.05) is 18.4 Å². The molecule has 0 radical (unpaired) electrons. The molecule has 0 aliphatic carbocycles. The maximum Gasteiger partial charge on any atom is 0.573 e. The van der Waals surface area contributed by atoms with Crippen molar-refractivity contribution in [2.75, 3.05) is 11.9 Å². The van der Waals surface area contributed by atoms with Crippen molar-refractivity contribution in [3.05, 3.63) is 48.4 Å². The fourth-order valence-electron chi connectivity index (χ4n) is 3.18. The van der Waals surface area contributed by atoms with E-state index in [2.05, 4.69) is 15.0 Å². The number of halogens is 4. The van der Waals surface area contributed by atoms with Crippen LogP contribution in [0.5, 0.6) is 5.75 Å². The van der Waals surface area contributed by atoms with E-state index >= 15 is 0 Å². The minimum Gasteiger partial charge on any atom is -0.406 e. The first-order valence-corrected chi connectivity index (χ1v) is 8.76. The zero-order valence-corrected chi connectivity index (χ0v) is 14.9. The van der Waals surface area contributed by atoms with E-state index in [1.165, 1.54) is 34.9 Å². The molecule has 1 fully saturated rings. The molecule has 1 amide bonds. The number of fused-ring (bicyclic) bond motifs is 1. The van der Waals surface area contributed by atoms with E-state index in [0.29, 0.717) is 29.9 Å². The molecule has 1 N–H and O–H groups in total. The molecular formula is C19H15F4N3O3. The average molecular weight is 409 g/mol. The predicted molar refractivity (Wildman–Crippen MR) is 94.9 cm³/mol. The molecule has 1 saturated heterocycles. The van der Waals surface area contributed by atoms with E-state index < -0.39 is 24.0 Å². The molecule has 3 aromatic rings. The number of carbonyl (C=O) groups is 1. The zero-order chi connectivity index (χ0) is 20.6. The quantitative estimate of drug-likeness (QED) is 0.658. The van der Waals surface area contributed by atoms with Gasteiger partial charge in [0.15, 0.2) is 5.82 Å². The fraction of sp³-hybridized carbons (Fsp3) is 0.263. The number of hydrogen-bond donors (Lipinski definition) is 1. The van der Waals surface area contributed by atoms with Crippen molar-refractivity contribution in [1.82, 2.24) is 9.38 Å². The van der Waals surface area contributed by atoms with Crippen LogP contribution in [0, 0.1) is 5.82 Å². The van der Waals surface area contributed by atoms with Crippen molar-refractivity contribution >= 4 is 17.4 Å². The number of nitrogens with zero attached hydrogens (tertiary/aromatic N) is 2. The van der Waals surface area contributed by atoms with Gasteiger partial charge in [-0.15, -0.1) is 13.2 Å². The lowest BCUT2D eigenvalue weighted by Crippen LogP contribution is -2.27. The van der Waals surface area contributed by atoms with Crippen LogP contribution in [0.3, 0.4) is 0 Å². The van der Waals surface area contributed by atoms with Crippen LogP contribution in [-0.4, -0.2) is 34.4 Å². The molecular weight excluding hydrogens is 394 g/mol. The standard InChI is InChI=1S/C19H15F4N3O3/c20-12-5-8-15-24-17(25-18(27)14-2-1-9-28-14)16(26(15)10-12)11-3-6-13(7-4-11)29-19(21,22)23/h3-8,10,14H,1-2,9H2,(H,25,27)/t14-/m0/s1. The van der Waals surface area contributed by atoms with E-state index in [9.17, 15) is 22.4 Å². The number of amides is 1. The normalized spacial score (nSPS) is 16.9. The summed E-state index contributed by atoms with van der Waals surface area (Å²) >= 11 is 0. The van der Waals surface area contributed by atoms with Crippen LogP contribution in [0.15, 0.2) is 42.6 Å². The summed E-state index contributed by atoms with van der Waals surface area (Å²) in [5.74, 6) is -1.17. The van der Waals surface area contributed by atoms with Crippen LogP contribution in [0.1, 0.15) is 12.8 Å². The number of hydrogen-bond acceptors (Lipinski definition) is 4. The number of alkyl halides is 3. The smallest absolute Gasteiger partial charge is 0.406 e. The van der Waals surface area contributed by atoms with Gasteiger partial charge in [0.1, 0.15) is 23.3 Å². The van der Waals surface area contributed by atoms with E-state index in [0.717, 1.165) is 18.6 Å². The van der Waals surface area contributed by atoms with Gasteiger partial charge < -0.3 is 14.8 Å². The van der Waals surface area contributed by atoms with Crippen molar-refractivity contribution in [2.45, 2.75) is 25.3 Å². The Labute approximate surface area is 162 Å². The molecule has 0 spiro atoms. The Balaban J connectivity index is 1.73. The van der Waals surface area contributed by atoms with Crippen LogP contribution in [0.4, 0.5) is 23.4 Å². The highest BCUT2D eigenvalue weighted by Gasteiger charge is 2.31. The third kappa shape index (κ3) is 4.16. The lowest BCUT2D eigenvalue weighted by atomic mass is 10.1. The van der Waals surface area contributed by atoms with Gasteiger partial charge in [-0.3, -0.25) is 9.20 Å². The van der Waals surface area contributed by atoms with Crippen molar-refractivity contribution in [3.63, 3.8) is 0 Å². The predicted octanol–water partition coefficient (Wildman–Crippen LogP) is 4.16. The average Bonchev–Trinajstić information content (AvgIpc) is 3.29. The van der Waals surface area contributed by atoms with Gasteiger partial charge in [-0.1, -0.05) is 0 Å². The van der Waals surface area contributed by atoms with Crippen molar-refractivity contribution < 1.29 is 31.8 Å². The lowest BCUT2D eigenvalue weighted by Gasteiger charge is -2.12. The Bertz CT molecular complexity index is 1040. The van der Waals surface area contributed by atoms with E-state index in [4.69, 9.17) is 4.74 Å². The summed E-state index contributed by atoms with van der Waals surface area (Å²) in [6.07, 6.45) is -2.89. The summed E-state index contributed by atoms with van der Waals surface area (Å²) in [7, 11) is 0. The molecule has 10 heteroatoms. The van der Waals surface area contributed by atoms with Crippen LogP contribution in [0.25, 0.3) is 16.9 Å². The van der Waals surface area contributed by atoms with Gasteiger partial charge in [-0.2, -0.15) is 0 Å². The summed E-state index contributed by atoms with van der Waals surface area (Å²) in [6, 6.07) is 7.66. The van der Waals surface area contributed by atoms with Gasteiger partial charge in [-0.25, -0.2) is 9.37 Å². The SMILES string of the molecule is O=C(Nc1nc2ccc(F)cn2c1-c1ccc(OC(F)(F)F)cc1)[C@@H]1CCCO1. The Morgan fingerprint density at radius 1 is 1.21 bits per heavy atom. The molecule has 2 aromatic heterocycles. The Morgan fingerprint density at radius 2 is 1.97 bits per heavy atom. The van der Waals surface area contributed by atoms with Crippen LogP contribution in [0.2, 0.25) is 0 Å². The van der Waals surface area contributed by atoms with Crippen LogP contribution < -0.4 is 10.1 Å². The largest absolute Gasteiger partial charge is 0.573 e. The second-order valence-corrected chi connectivity index (χ2v) is 6.45. The van der Waals surface area contributed by atoms with Gasteiger partial charge in [0.2, 0.25) is 0 Å². The van der Waals surface area contributed by atoms with Crippen molar-refractivity contribution in [3.8, 4) is 17.0 Å². The topological polar surface area (TPSA) is 64.9 Å². The molecule has 152 valence electrons. The number of ether oxygens (including phenoxy) is 2. The van der Waals surface area contributed by atoms with Crippen LogP contribution >= 0.6 is 0 Å². The number of nitrogens with one attached hydrogen (secondary N) is 1. The summed E-state index contributed by atoms with van der Waals surface area (Å²) in [6.45, 7) is 0.488. The number of benzene rings is 1. The van der Waals surface area contributed by atoms with Crippen molar-refractivity contribution in [2.24, 2.45) is 0 Å². The number of imidazole rings is 1. The van der Waals surface area contributed by atoms with Crippen LogP contribution in [-0.2, 0) is 9.53 Å². The van der Waals surface area contributed by atoms with Gasteiger partial charge in [-0.05, 0) is 49.2 Å². The Morgan fingerprint density at radius 3 is 2.62 bits per heavy atom. The highest BCUT2D eigenvalue weighted by molar-refractivity contribution is 5.97. The van der Waals surface area contributed by atoms with E-state index in [1.807, 2.05) is 0 Å².